The average Bonchev–Trinajstić information content (AvgIpc) is 2.73. The molecule has 15 heavy (non-hydrogen) atoms. The summed E-state index contributed by atoms with van der Waals surface area (Å²) < 4.78 is 4.89. The van der Waals surface area contributed by atoms with Gasteiger partial charge in [0.2, 0.25) is 0 Å². The fourth-order valence-electron chi connectivity index (χ4n) is 1.83. The highest BCUT2D eigenvalue weighted by atomic mass is 32.1. The largest absolute Gasteiger partial charge is 0.449 e. The summed E-state index contributed by atoms with van der Waals surface area (Å²) in [6, 6.07) is 0. The number of terminal acetylenes is 1. The van der Waals surface area contributed by atoms with Gasteiger partial charge in [0.15, 0.2) is 6.61 Å². The van der Waals surface area contributed by atoms with Crippen molar-refractivity contribution >= 4 is 22.3 Å². The van der Waals surface area contributed by atoms with Gasteiger partial charge in [-0.1, -0.05) is 5.92 Å². The van der Waals surface area contributed by atoms with Crippen molar-refractivity contribution in [3.8, 4) is 12.3 Å². The molecule has 2 N–H and O–H groups in total. The SMILES string of the molecule is C#CCOC(=O)c1c(N)sc2c1CCC2. The Balaban J connectivity index is 2.28. The number of hydrogen-bond donors (Lipinski definition) is 1. The monoisotopic (exact) mass is 221 g/mol. The maximum absolute atomic E-state index is 11.7. The minimum absolute atomic E-state index is 0.00287. The van der Waals surface area contributed by atoms with Gasteiger partial charge in [-0.25, -0.2) is 4.79 Å². The van der Waals surface area contributed by atoms with Gasteiger partial charge < -0.3 is 10.5 Å². The van der Waals surface area contributed by atoms with Crippen molar-refractivity contribution in [3.05, 3.63) is 16.0 Å². The number of fused-ring (bicyclic) bond motifs is 1. The van der Waals surface area contributed by atoms with Crippen LogP contribution in [0.5, 0.6) is 0 Å². The molecule has 0 radical (unpaired) electrons. The van der Waals surface area contributed by atoms with Gasteiger partial charge in [-0.2, -0.15) is 0 Å². The Bertz CT molecular complexity index is 442. The maximum atomic E-state index is 11.7. The summed E-state index contributed by atoms with van der Waals surface area (Å²) in [5.74, 6) is 1.88. The Morgan fingerprint density at radius 2 is 2.40 bits per heavy atom. The third-order valence-electron chi connectivity index (χ3n) is 2.44. The van der Waals surface area contributed by atoms with Crippen molar-refractivity contribution < 1.29 is 9.53 Å². The third kappa shape index (κ3) is 1.71. The second-order valence-corrected chi connectivity index (χ2v) is 4.51. The molecule has 0 unspecified atom stereocenters. The zero-order valence-corrected chi connectivity index (χ0v) is 9.02. The molecule has 2 rings (SSSR count). The Morgan fingerprint density at radius 1 is 1.60 bits per heavy atom. The van der Waals surface area contributed by atoms with E-state index in [-0.39, 0.29) is 12.6 Å². The van der Waals surface area contributed by atoms with Crippen LogP contribution in [0.25, 0.3) is 0 Å². The second kappa shape index (κ2) is 3.95. The highest BCUT2D eigenvalue weighted by molar-refractivity contribution is 7.16. The zero-order chi connectivity index (χ0) is 10.8. The van der Waals surface area contributed by atoms with Crippen LogP contribution in [-0.4, -0.2) is 12.6 Å². The number of hydrogen-bond acceptors (Lipinski definition) is 4. The number of anilines is 1. The van der Waals surface area contributed by atoms with E-state index < -0.39 is 0 Å². The predicted molar refractivity (Wildman–Crippen MR) is 59.9 cm³/mol. The molecule has 1 aliphatic carbocycles. The van der Waals surface area contributed by atoms with E-state index in [0.717, 1.165) is 24.8 Å². The summed E-state index contributed by atoms with van der Waals surface area (Å²) in [6.45, 7) is 0.00287. The first-order valence-electron chi connectivity index (χ1n) is 4.74. The molecule has 1 aromatic heterocycles. The van der Waals surface area contributed by atoms with E-state index in [0.29, 0.717) is 10.6 Å². The van der Waals surface area contributed by atoms with Gasteiger partial charge in [-0.15, -0.1) is 17.8 Å². The van der Waals surface area contributed by atoms with Crippen LogP contribution in [0.4, 0.5) is 5.00 Å². The van der Waals surface area contributed by atoms with Gasteiger partial charge in [-0.05, 0) is 24.8 Å². The highest BCUT2D eigenvalue weighted by Gasteiger charge is 2.25. The van der Waals surface area contributed by atoms with Crippen molar-refractivity contribution in [2.45, 2.75) is 19.3 Å². The molecule has 0 saturated carbocycles. The first-order chi connectivity index (χ1) is 7.24. The van der Waals surface area contributed by atoms with Crippen LogP contribution >= 0.6 is 11.3 Å². The summed E-state index contributed by atoms with van der Waals surface area (Å²) in [5.41, 5.74) is 7.40. The lowest BCUT2D eigenvalue weighted by atomic mass is 10.1. The number of nitrogen functional groups attached to an aromatic ring is 1. The number of esters is 1. The van der Waals surface area contributed by atoms with Crippen molar-refractivity contribution in [1.29, 1.82) is 0 Å². The van der Waals surface area contributed by atoms with Gasteiger partial charge >= 0.3 is 5.97 Å². The number of rotatable bonds is 2. The Morgan fingerprint density at radius 3 is 3.13 bits per heavy atom. The van der Waals surface area contributed by atoms with Gasteiger partial charge in [0, 0.05) is 4.88 Å². The second-order valence-electron chi connectivity index (χ2n) is 3.38. The van der Waals surface area contributed by atoms with E-state index in [9.17, 15) is 4.79 Å². The molecule has 3 nitrogen and oxygen atoms in total. The van der Waals surface area contributed by atoms with E-state index in [1.807, 2.05) is 0 Å². The molecule has 78 valence electrons. The average molecular weight is 221 g/mol. The van der Waals surface area contributed by atoms with Crippen molar-refractivity contribution in [3.63, 3.8) is 0 Å². The van der Waals surface area contributed by atoms with Crippen molar-refractivity contribution in [1.82, 2.24) is 0 Å². The van der Waals surface area contributed by atoms with Gasteiger partial charge in [0.05, 0.1) is 5.56 Å². The van der Waals surface area contributed by atoms with Gasteiger partial charge in [0.1, 0.15) is 5.00 Å². The Hall–Kier alpha value is -1.47. The molecule has 0 bridgehead atoms. The molecule has 0 saturated heterocycles. The zero-order valence-electron chi connectivity index (χ0n) is 8.21. The molecule has 0 fully saturated rings. The number of nitrogens with two attached hydrogens (primary N) is 1. The molecule has 0 amide bonds. The minimum Gasteiger partial charge on any atom is -0.449 e. The van der Waals surface area contributed by atoms with E-state index in [1.165, 1.54) is 16.2 Å². The summed E-state index contributed by atoms with van der Waals surface area (Å²) in [7, 11) is 0. The van der Waals surface area contributed by atoms with Crippen LogP contribution in [-0.2, 0) is 17.6 Å². The molecule has 1 heterocycles. The van der Waals surface area contributed by atoms with E-state index in [4.69, 9.17) is 16.9 Å². The summed E-state index contributed by atoms with van der Waals surface area (Å²) >= 11 is 1.49. The van der Waals surface area contributed by atoms with E-state index in [1.54, 1.807) is 0 Å². The van der Waals surface area contributed by atoms with Crippen molar-refractivity contribution in [2.75, 3.05) is 12.3 Å². The van der Waals surface area contributed by atoms with Crippen LogP contribution in [0, 0.1) is 12.3 Å². The van der Waals surface area contributed by atoms with Crippen LogP contribution in [0.15, 0.2) is 0 Å². The lowest BCUT2D eigenvalue weighted by Gasteiger charge is -2.02. The van der Waals surface area contributed by atoms with Crippen LogP contribution < -0.4 is 5.73 Å². The molecular formula is C11H11NO2S. The highest BCUT2D eigenvalue weighted by Crippen LogP contribution is 2.37. The summed E-state index contributed by atoms with van der Waals surface area (Å²) in [5, 5.41) is 0.557. The minimum atomic E-state index is -0.384. The van der Waals surface area contributed by atoms with Crippen LogP contribution in [0.1, 0.15) is 27.2 Å². The summed E-state index contributed by atoms with van der Waals surface area (Å²) in [6.07, 6.45) is 8.06. The molecule has 0 atom stereocenters. The first-order valence-corrected chi connectivity index (χ1v) is 5.56. The third-order valence-corrected chi connectivity index (χ3v) is 3.56. The molecule has 1 aliphatic rings. The molecule has 4 heteroatoms. The van der Waals surface area contributed by atoms with Crippen LogP contribution in [0.2, 0.25) is 0 Å². The maximum Gasteiger partial charge on any atom is 0.342 e. The number of carbonyl (C=O) groups excluding carboxylic acids is 1. The van der Waals surface area contributed by atoms with E-state index in [2.05, 4.69) is 5.92 Å². The lowest BCUT2D eigenvalue weighted by Crippen LogP contribution is -2.08. The molecule has 0 aliphatic heterocycles. The normalized spacial score (nSPS) is 13.3. The first kappa shape index (κ1) is 10.1. The molecular weight excluding hydrogens is 210 g/mol. The topological polar surface area (TPSA) is 52.3 Å². The number of aryl methyl sites for hydroxylation is 1. The summed E-state index contributed by atoms with van der Waals surface area (Å²) in [4.78, 5) is 12.9. The molecule has 0 spiro atoms. The van der Waals surface area contributed by atoms with Gasteiger partial charge in [0.25, 0.3) is 0 Å². The van der Waals surface area contributed by atoms with E-state index >= 15 is 0 Å². The number of ether oxygens (including phenoxy) is 1. The predicted octanol–water partition coefficient (Wildman–Crippen LogP) is 1.61. The number of thiophene rings is 1. The smallest absolute Gasteiger partial charge is 0.342 e. The molecule has 1 aromatic rings. The Labute approximate surface area is 92.2 Å². The fourth-order valence-corrected chi connectivity index (χ4v) is 2.98. The fraction of sp³-hybridized carbons (Fsp3) is 0.364. The van der Waals surface area contributed by atoms with Gasteiger partial charge in [-0.3, -0.25) is 0 Å². The lowest BCUT2D eigenvalue weighted by molar-refractivity contribution is 0.0557. The quantitative estimate of drug-likeness (QED) is 0.609. The standard InChI is InChI=1S/C11H11NO2S/c1-2-6-14-11(13)9-7-4-3-5-8(7)15-10(9)12/h1H,3-6,12H2. The van der Waals surface area contributed by atoms with Crippen LogP contribution in [0.3, 0.4) is 0 Å². The Kier molecular flexibility index (Phi) is 2.65. The molecule has 0 aromatic carbocycles. The van der Waals surface area contributed by atoms with Crippen molar-refractivity contribution in [2.24, 2.45) is 0 Å². The number of carbonyl (C=O) groups is 1.